The van der Waals surface area contributed by atoms with E-state index in [1.165, 1.54) is 0 Å². The smallest absolute Gasteiger partial charge is 0.441 e. The fraction of sp³-hybridized carbons (Fsp3) is 0.0455. The van der Waals surface area contributed by atoms with Gasteiger partial charge in [0.25, 0.3) is 0 Å². The normalized spacial score (nSPS) is 10.5. The molecule has 0 aliphatic carbocycles. The Morgan fingerprint density at radius 3 is 2.44 bits per heavy atom. The molecule has 0 aliphatic heterocycles. The Morgan fingerprint density at radius 1 is 1.00 bits per heavy atom. The number of fused-ring (bicyclic) bond motifs is 1. The van der Waals surface area contributed by atoms with Crippen molar-refractivity contribution < 1.29 is 24.3 Å². The van der Waals surface area contributed by atoms with Crippen LogP contribution in [0.3, 0.4) is 0 Å². The van der Waals surface area contributed by atoms with Gasteiger partial charge < -0.3 is 24.8 Å². The standard InChI is InChI=1S/C22H19N5O5/c23-19-14-26-13-18(10-11-20(26)25-19)31-17-8-6-16(7-9-17)24-21(28)32-27(22(29)30)12-15-4-2-1-3-5-15/h1-11,13-14H,12,23H2,(H,24,28)(H,29,30). The Labute approximate surface area is 182 Å². The van der Waals surface area contributed by atoms with Gasteiger partial charge in [0.15, 0.2) is 0 Å². The maximum absolute atomic E-state index is 12.1. The topological polar surface area (TPSA) is 131 Å². The highest BCUT2D eigenvalue weighted by Gasteiger charge is 2.18. The summed E-state index contributed by atoms with van der Waals surface area (Å²) >= 11 is 0. The van der Waals surface area contributed by atoms with Gasteiger partial charge in [-0.1, -0.05) is 30.3 Å². The number of imidazole rings is 1. The van der Waals surface area contributed by atoms with E-state index in [4.69, 9.17) is 15.3 Å². The lowest BCUT2D eigenvalue weighted by atomic mass is 10.2. The summed E-state index contributed by atoms with van der Waals surface area (Å²) in [5, 5.41) is 12.3. The number of nitrogens with two attached hydrogens (primary N) is 1. The second-order valence-electron chi connectivity index (χ2n) is 6.73. The fourth-order valence-corrected chi connectivity index (χ4v) is 2.92. The number of amides is 2. The molecule has 10 nitrogen and oxygen atoms in total. The average Bonchev–Trinajstić information content (AvgIpc) is 3.14. The fourth-order valence-electron chi connectivity index (χ4n) is 2.92. The van der Waals surface area contributed by atoms with Crippen LogP contribution in [-0.4, -0.2) is 31.7 Å². The van der Waals surface area contributed by atoms with Crippen LogP contribution in [0.15, 0.2) is 79.1 Å². The molecule has 0 spiro atoms. The van der Waals surface area contributed by atoms with E-state index in [1.54, 1.807) is 77.5 Å². The molecule has 162 valence electrons. The summed E-state index contributed by atoms with van der Waals surface area (Å²) in [5.41, 5.74) is 7.47. The number of aromatic nitrogens is 2. The van der Waals surface area contributed by atoms with Crippen LogP contribution in [0.5, 0.6) is 11.5 Å². The number of hydroxylamine groups is 2. The van der Waals surface area contributed by atoms with Gasteiger partial charge in [-0.05, 0) is 42.0 Å². The largest absolute Gasteiger partial charge is 0.463 e. The summed E-state index contributed by atoms with van der Waals surface area (Å²) in [6.45, 7) is -0.0940. The molecule has 2 aromatic heterocycles. The van der Waals surface area contributed by atoms with Gasteiger partial charge in [-0.25, -0.2) is 14.6 Å². The monoisotopic (exact) mass is 433 g/mol. The quantitative estimate of drug-likeness (QED) is 0.399. The van der Waals surface area contributed by atoms with E-state index in [2.05, 4.69) is 10.3 Å². The number of ether oxygens (including phenoxy) is 1. The van der Waals surface area contributed by atoms with Crippen LogP contribution in [0.25, 0.3) is 5.65 Å². The third-order valence-electron chi connectivity index (χ3n) is 4.35. The molecule has 32 heavy (non-hydrogen) atoms. The maximum Gasteiger partial charge on any atom is 0.441 e. The van der Waals surface area contributed by atoms with Gasteiger partial charge in [-0.3, -0.25) is 5.32 Å². The van der Waals surface area contributed by atoms with Crippen molar-refractivity contribution in [1.29, 1.82) is 0 Å². The zero-order valence-electron chi connectivity index (χ0n) is 16.7. The number of hydrogen-bond acceptors (Lipinski definition) is 6. The lowest BCUT2D eigenvalue weighted by molar-refractivity contribution is -0.0760. The lowest BCUT2D eigenvalue weighted by Crippen LogP contribution is -2.33. The molecule has 2 amide bonds. The van der Waals surface area contributed by atoms with Crippen molar-refractivity contribution in [1.82, 2.24) is 14.4 Å². The van der Waals surface area contributed by atoms with E-state index in [0.29, 0.717) is 39.3 Å². The average molecular weight is 433 g/mol. The van der Waals surface area contributed by atoms with E-state index >= 15 is 0 Å². The molecule has 10 heteroatoms. The van der Waals surface area contributed by atoms with E-state index in [-0.39, 0.29) is 6.54 Å². The van der Waals surface area contributed by atoms with Gasteiger partial charge in [0.1, 0.15) is 23.0 Å². The zero-order chi connectivity index (χ0) is 22.5. The van der Waals surface area contributed by atoms with Crippen LogP contribution in [0.1, 0.15) is 5.56 Å². The second kappa shape index (κ2) is 8.96. The van der Waals surface area contributed by atoms with Crippen LogP contribution in [0.2, 0.25) is 0 Å². The minimum absolute atomic E-state index is 0.0940. The Balaban J connectivity index is 1.35. The molecule has 4 N–H and O–H groups in total. The van der Waals surface area contributed by atoms with Crippen molar-refractivity contribution in [3.8, 4) is 11.5 Å². The molecule has 0 atom stereocenters. The van der Waals surface area contributed by atoms with E-state index < -0.39 is 12.2 Å². The third kappa shape index (κ3) is 5.05. The van der Waals surface area contributed by atoms with E-state index in [9.17, 15) is 14.7 Å². The second-order valence-corrected chi connectivity index (χ2v) is 6.73. The van der Waals surface area contributed by atoms with Crippen LogP contribution >= 0.6 is 0 Å². The molecule has 2 heterocycles. The van der Waals surface area contributed by atoms with Crippen molar-refractivity contribution in [3.63, 3.8) is 0 Å². The molecular weight excluding hydrogens is 414 g/mol. The zero-order valence-corrected chi connectivity index (χ0v) is 16.7. The predicted molar refractivity (Wildman–Crippen MR) is 116 cm³/mol. The highest BCUT2D eigenvalue weighted by atomic mass is 16.7. The van der Waals surface area contributed by atoms with Crippen LogP contribution in [0, 0.1) is 0 Å². The SMILES string of the molecule is Nc1cn2cc(Oc3ccc(NC(=O)ON(Cc4ccccc4)C(=O)O)cc3)ccc2n1. The molecule has 0 aliphatic rings. The molecule has 0 fully saturated rings. The number of carboxylic acid groups (broad SMARTS) is 1. The Bertz CT molecular complexity index is 1240. The van der Waals surface area contributed by atoms with E-state index in [1.807, 2.05) is 6.07 Å². The number of pyridine rings is 1. The number of nitrogen functional groups attached to an aromatic ring is 1. The first-order valence-electron chi connectivity index (χ1n) is 9.52. The number of hydrogen-bond donors (Lipinski definition) is 3. The lowest BCUT2D eigenvalue weighted by Gasteiger charge is -2.18. The molecule has 0 unspecified atom stereocenters. The number of carbonyl (C=O) groups is 2. The van der Waals surface area contributed by atoms with Crippen LogP contribution in [0.4, 0.5) is 21.1 Å². The summed E-state index contributed by atoms with van der Waals surface area (Å²) in [7, 11) is 0. The molecular formula is C22H19N5O5. The van der Waals surface area contributed by atoms with Crippen molar-refractivity contribution in [2.24, 2.45) is 0 Å². The number of rotatable bonds is 5. The minimum atomic E-state index is -1.38. The van der Waals surface area contributed by atoms with Crippen LogP contribution in [-0.2, 0) is 11.4 Å². The van der Waals surface area contributed by atoms with Gasteiger partial charge in [0, 0.05) is 5.69 Å². The van der Waals surface area contributed by atoms with Crippen molar-refractivity contribution in [3.05, 3.63) is 84.7 Å². The number of anilines is 2. The highest BCUT2D eigenvalue weighted by Crippen LogP contribution is 2.24. The van der Waals surface area contributed by atoms with Gasteiger partial charge in [-0.15, -0.1) is 5.06 Å². The van der Waals surface area contributed by atoms with Crippen molar-refractivity contribution >= 4 is 29.3 Å². The Hall–Kier alpha value is -4.73. The van der Waals surface area contributed by atoms with Crippen molar-refractivity contribution in [2.45, 2.75) is 6.54 Å². The van der Waals surface area contributed by atoms with E-state index in [0.717, 1.165) is 0 Å². The molecule has 4 rings (SSSR count). The summed E-state index contributed by atoms with van der Waals surface area (Å²) in [4.78, 5) is 32.6. The number of nitrogens with one attached hydrogen (secondary N) is 1. The first kappa shape index (κ1) is 20.5. The van der Waals surface area contributed by atoms with Gasteiger partial charge in [-0.2, -0.15) is 0 Å². The van der Waals surface area contributed by atoms with Crippen molar-refractivity contribution in [2.75, 3.05) is 11.1 Å². The number of benzene rings is 2. The first-order chi connectivity index (χ1) is 15.5. The molecule has 4 aromatic rings. The molecule has 0 saturated carbocycles. The first-order valence-corrected chi connectivity index (χ1v) is 9.52. The van der Waals surface area contributed by atoms with Crippen LogP contribution < -0.4 is 15.8 Å². The Kier molecular flexibility index (Phi) is 5.75. The Morgan fingerprint density at radius 2 is 1.72 bits per heavy atom. The number of carbonyl (C=O) groups excluding carboxylic acids is 1. The summed E-state index contributed by atoms with van der Waals surface area (Å²) < 4.78 is 7.55. The molecule has 0 radical (unpaired) electrons. The maximum atomic E-state index is 12.1. The molecule has 0 saturated heterocycles. The molecule has 2 aromatic carbocycles. The van der Waals surface area contributed by atoms with Gasteiger partial charge in [0.05, 0.1) is 18.9 Å². The number of nitrogens with zero attached hydrogens (tertiary/aromatic N) is 3. The summed E-state index contributed by atoms with van der Waals surface area (Å²) in [5.74, 6) is 1.52. The van der Waals surface area contributed by atoms with Gasteiger partial charge >= 0.3 is 12.2 Å². The van der Waals surface area contributed by atoms with Gasteiger partial charge in [0.2, 0.25) is 0 Å². The third-order valence-corrected chi connectivity index (χ3v) is 4.35. The predicted octanol–water partition coefficient (Wildman–Crippen LogP) is 4.35. The molecule has 0 bridgehead atoms. The highest BCUT2D eigenvalue weighted by molar-refractivity contribution is 5.85. The summed E-state index contributed by atoms with van der Waals surface area (Å²) in [6, 6.07) is 18.9. The minimum Gasteiger partial charge on any atom is -0.463 e. The summed E-state index contributed by atoms with van der Waals surface area (Å²) in [6.07, 6.45) is 1.11.